The maximum atomic E-state index is 9.41. The van der Waals surface area contributed by atoms with Gasteiger partial charge in [0.1, 0.15) is 8.07 Å². The van der Waals surface area contributed by atoms with Gasteiger partial charge in [-0.2, -0.15) is 0 Å². The number of hydrogen-bond acceptors (Lipinski definition) is 2. The van der Waals surface area contributed by atoms with E-state index in [-0.39, 0.29) is 29.9 Å². The van der Waals surface area contributed by atoms with Crippen LogP contribution in [0.5, 0.6) is 0 Å². The van der Waals surface area contributed by atoms with E-state index in [4.69, 9.17) is 4.11 Å². The molecule has 1 heterocycles. The Morgan fingerprint density at radius 2 is 0.930 bits per heavy atom. The first-order valence-corrected chi connectivity index (χ1v) is 22.5. The topological polar surface area (TPSA) is 6.48 Å². The average Bonchev–Trinajstić information content (AvgIpc) is 3.55. The van der Waals surface area contributed by atoms with Crippen molar-refractivity contribution in [3.05, 3.63) is 206 Å². The minimum atomic E-state index is -2.37. The number of anilines is 6. The van der Waals surface area contributed by atoms with E-state index < -0.39 is 14.1 Å². The molecule has 0 aromatic heterocycles. The third-order valence-electron chi connectivity index (χ3n) is 11.9. The van der Waals surface area contributed by atoms with Crippen molar-refractivity contribution >= 4 is 84.9 Å². The minimum absolute atomic E-state index is 0.133. The summed E-state index contributed by atoms with van der Waals surface area (Å²) in [5.74, 6) is 0. The summed E-state index contributed by atoms with van der Waals surface area (Å²) in [5, 5.41) is 8.78. The first-order chi connectivity index (χ1) is 30.1. The average molecular weight is 750 g/mol. The van der Waals surface area contributed by atoms with E-state index in [9.17, 15) is 2.74 Å². The van der Waals surface area contributed by atoms with Crippen LogP contribution >= 0.6 is 0 Å². The summed E-state index contributed by atoms with van der Waals surface area (Å²) in [6.07, 6.45) is 0. The van der Waals surface area contributed by atoms with Crippen LogP contribution in [0.4, 0.5) is 34.1 Å². The van der Waals surface area contributed by atoms with E-state index in [2.05, 4.69) is 176 Å². The van der Waals surface area contributed by atoms with Crippen molar-refractivity contribution in [2.45, 2.75) is 13.1 Å². The normalized spacial score (nSPS) is 14.1. The van der Waals surface area contributed by atoms with Crippen molar-refractivity contribution in [3.8, 4) is 22.3 Å². The van der Waals surface area contributed by atoms with Gasteiger partial charge in [-0.3, -0.25) is 0 Å². The van der Waals surface area contributed by atoms with E-state index in [1.54, 1.807) is 0 Å². The maximum Gasteiger partial charge on any atom is 0.116 e. The highest BCUT2D eigenvalue weighted by Gasteiger charge is 2.40. The SMILES string of the molecule is [2H]c1c([2H])c([2H])c(N(c2cccc3c2[Si](C)(C)c2ccccc2-3)c2ccc3ccc4c(N(c5ccccc5)c5ccccc5-c5ccccc5)ccc5ccc2c3c54)c([2H])c1[2H]. The number of hydrogen-bond donors (Lipinski definition) is 0. The third-order valence-corrected chi connectivity index (χ3v) is 15.4. The summed E-state index contributed by atoms with van der Waals surface area (Å²) in [5.41, 5.74) is 9.39. The Balaban J connectivity index is 1.21. The zero-order valence-electron chi connectivity index (χ0n) is 36.6. The first-order valence-electron chi connectivity index (χ1n) is 22.0. The summed E-state index contributed by atoms with van der Waals surface area (Å²) in [6, 6.07) is 60.1. The van der Waals surface area contributed by atoms with Crippen LogP contribution in [0.1, 0.15) is 6.85 Å². The molecule has 0 atom stereocenters. The Bertz CT molecular complexity index is 3380. The molecular weight excluding hydrogens is 705 g/mol. The number of nitrogens with zero attached hydrogens (tertiary/aromatic N) is 2. The van der Waals surface area contributed by atoms with Crippen molar-refractivity contribution in [3.63, 3.8) is 0 Å². The molecule has 270 valence electrons. The first kappa shape index (κ1) is 28.5. The molecule has 2 nitrogen and oxygen atoms in total. The Labute approximate surface area is 341 Å². The van der Waals surface area contributed by atoms with Gasteiger partial charge in [0.25, 0.3) is 0 Å². The predicted octanol–water partition coefficient (Wildman–Crippen LogP) is 14.0. The summed E-state index contributed by atoms with van der Waals surface area (Å²) < 4.78 is 45.1. The molecule has 10 aromatic rings. The van der Waals surface area contributed by atoms with Gasteiger partial charge in [0.2, 0.25) is 0 Å². The second kappa shape index (κ2) is 13.1. The highest BCUT2D eigenvalue weighted by molar-refractivity contribution is 7.04. The van der Waals surface area contributed by atoms with E-state index in [0.29, 0.717) is 0 Å². The summed E-state index contributed by atoms with van der Waals surface area (Å²) in [6.45, 7) is 4.70. The van der Waals surface area contributed by atoms with Gasteiger partial charge in [0.05, 0.1) is 23.9 Å². The van der Waals surface area contributed by atoms with E-state index in [0.717, 1.165) is 77.4 Å². The molecule has 0 bridgehead atoms. The summed E-state index contributed by atoms with van der Waals surface area (Å²) in [4.78, 5) is 4.32. The lowest BCUT2D eigenvalue weighted by atomic mass is 9.91. The molecule has 0 spiro atoms. The fourth-order valence-electron chi connectivity index (χ4n) is 9.41. The molecule has 0 fully saturated rings. The van der Waals surface area contributed by atoms with Crippen LogP contribution in [-0.4, -0.2) is 8.07 Å². The predicted molar refractivity (Wildman–Crippen MR) is 247 cm³/mol. The zero-order valence-corrected chi connectivity index (χ0v) is 32.6. The Hall–Kier alpha value is -6.94. The molecule has 3 heteroatoms. The fraction of sp³-hybridized carbons (Fsp3) is 0.0370. The Kier molecular flexibility index (Phi) is 6.53. The molecule has 11 rings (SSSR count). The number of fused-ring (bicyclic) bond motifs is 3. The molecule has 57 heavy (non-hydrogen) atoms. The lowest BCUT2D eigenvalue weighted by Gasteiger charge is -2.33. The fourth-order valence-corrected chi connectivity index (χ4v) is 12.8. The van der Waals surface area contributed by atoms with Crippen LogP contribution in [0, 0.1) is 0 Å². The van der Waals surface area contributed by atoms with Crippen LogP contribution in [0.15, 0.2) is 206 Å². The van der Waals surface area contributed by atoms with E-state index in [1.807, 2.05) is 23.1 Å². The quantitative estimate of drug-likeness (QED) is 0.118. The van der Waals surface area contributed by atoms with Gasteiger partial charge < -0.3 is 9.80 Å². The second-order valence-electron chi connectivity index (χ2n) is 15.3. The summed E-state index contributed by atoms with van der Waals surface area (Å²) >= 11 is 0. The molecule has 0 saturated carbocycles. The third kappa shape index (κ3) is 5.16. The smallest absolute Gasteiger partial charge is 0.116 e. The molecule has 0 amide bonds. The zero-order chi connectivity index (χ0) is 42.4. The number of para-hydroxylation sites is 3. The number of rotatable bonds is 7. The molecular formula is C54H40N2Si. The molecule has 0 unspecified atom stereocenters. The maximum absolute atomic E-state index is 9.41. The van der Waals surface area contributed by atoms with Gasteiger partial charge in [-0.05, 0) is 97.1 Å². The Morgan fingerprint density at radius 1 is 0.404 bits per heavy atom. The molecule has 0 aliphatic carbocycles. The molecule has 0 saturated heterocycles. The minimum Gasteiger partial charge on any atom is -0.310 e. The van der Waals surface area contributed by atoms with Gasteiger partial charge >= 0.3 is 0 Å². The van der Waals surface area contributed by atoms with Gasteiger partial charge in [-0.1, -0.05) is 171 Å². The highest BCUT2D eigenvalue weighted by Crippen LogP contribution is 2.49. The van der Waals surface area contributed by atoms with Gasteiger partial charge in [0, 0.05) is 33.4 Å². The lowest BCUT2D eigenvalue weighted by molar-refractivity contribution is 1.30. The van der Waals surface area contributed by atoms with Crippen molar-refractivity contribution in [1.29, 1.82) is 0 Å². The monoisotopic (exact) mass is 749 g/mol. The lowest BCUT2D eigenvalue weighted by Crippen LogP contribution is -2.50. The van der Waals surface area contributed by atoms with E-state index >= 15 is 0 Å². The van der Waals surface area contributed by atoms with Crippen molar-refractivity contribution in [1.82, 2.24) is 0 Å². The summed E-state index contributed by atoms with van der Waals surface area (Å²) in [7, 11) is -2.37. The highest BCUT2D eigenvalue weighted by atomic mass is 28.3. The van der Waals surface area contributed by atoms with Crippen molar-refractivity contribution in [2.24, 2.45) is 0 Å². The van der Waals surface area contributed by atoms with Gasteiger partial charge in [-0.15, -0.1) is 0 Å². The number of benzene rings is 10. The van der Waals surface area contributed by atoms with Gasteiger partial charge in [-0.25, -0.2) is 0 Å². The molecule has 1 aliphatic rings. The van der Waals surface area contributed by atoms with Gasteiger partial charge in [0.15, 0.2) is 0 Å². The molecule has 0 N–H and O–H groups in total. The van der Waals surface area contributed by atoms with E-state index in [1.165, 1.54) is 15.9 Å². The molecule has 0 radical (unpaired) electrons. The standard InChI is InChI=1S/C54H40N2Si/c1-57(2)51-28-15-13-24-43(51)44-25-16-27-50(54(44)57)56(41-21-10-5-11-22-41)49-36-32-39-29-33-45-48(35-31-38-30-34-46(49)53(39)52(38)45)55(40-19-8-4-9-20-40)47-26-14-12-23-42(47)37-17-6-3-7-18-37/h3-36H,1-2H3/i5D,10D,11D,21D,22D. The largest absolute Gasteiger partial charge is 0.310 e. The molecule has 10 aromatic carbocycles. The second-order valence-corrected chi connectivity index (χ2v) is 19.6. The van der Waals surface area contributed by atoms with Crippen molar-refractivity contribution < 1.29 is 6.85 Å². The Morgan fingerprint density at radius 3 is 1.61 bits per heavy atom. The van der Waals surface area contributed by atoms with Crippen LogP contribution in [0.3, 0.4) is 0 Å². The molecule has 1 aliphatic heterocycles. The van der Waals surface area contributed by atoms with Crippen LogP contribution in [-0.2, 0) is 0 Å². The van der Waals surface area contributed by atoms with Crippen LogP contribution in [0.25, 0.3) is 54.6 Å². The van der Waals surface area contributed by atoms with Crippen LogP contribution < -0.4 is 20.2 Å². The van der Waals surface area contributed by atoms with Crippen LogP contribution in [0.2, 0.25) is 13.1 Å². The van der Waals surface area contributed by atoms with Crippen molar-refractivity contribution in [2.75, 3.05) is 9.80 Å².